The molecule has 0 saturated carbocycles. The minimum Gasteiger partial charge on any atom is -0.429 e. The monoisotopic (exact) mass is 838 g/mol. The number of nitrogens with one attached hydrogen (secondary N) is 4. The standard InChI is InChI=1S/C39H50N8O11S/c1-6-33(49)44-23-45(34(50)7-2)25-46(24-44)35(51)18-20-59-22-32(48)43-36(26(3)4)38(53)42-31(9-8-19-40-5)37(52)41-28-12-10-27(11-13-28)21-57-39(54)58-30-16-14-29(15-17-30)47(55)56/h6-7,10-17,26,31,36,40H,1-2,8-9,18-25H2,3-5H3,(H,41,52)(H,42,53)(H,43,48)/t31-,36-/m0/s1. The number of benzene rings is 2. The summed E-state index contributed by atoms with van der Waals surface area (Å²) in [5.74, 6) is -2.75. The summed E-state index contributed by atoms with van der Waals surface area (Å²) in [6.45, 7) is 10.8. The average Bonchev–Trinajstić information content (AvgIpc) is 3.22. The number of amides is 6. The van der Waals surface area contributed by atoms with Crippen LogP contribution in [0.25, 0.3) is 0 Å². The maximum atomic E-state index is 13.5. The van der Waals surface area contributed by atoms with E-state index in [4.69, 9.17) is 9.47 Å². The molecule has 0 spiro atoms. The van der Waals surface area contributed by atoms with Crippen molar-refractivity contribution in [2.24, 2.45) is 5.92 Å². The highest BCUT2D eigenvalue weighted by Gasteiger charge is 2.31. The van der Waals surface area contributed by atoms with E-state index in [-0.39, 0.29) is 67.8 Å². The molecule has 0 radical (unpaired) electrons. The van der Waals surface area contributed by atoms with E-state index in [0.29, 0.717) is 30.6 Å². The molecule has 2 atom stereocenters. The Morgan fingerprint density at radius 1 is 0.881 bits per heavy atom. The molecule has 0 aromatic heterocycles. The molecule has 1 fully saturated rings. The molecule has 1 aliphatic heterocycles. The highest BCUT2D eigenvalue weighted by atomic mass is 32.2. The molecular formula is C39H50N8O11S. The van der Waals surface area contributed by atoms with Gasteiger partial charge in [-0.2, -0.15) is 11.8 Å². The van der Waals surface area contributed by atoms with E-state index in [0.717, 1.165) is 12.2 Å². The van der Waals surface area contributed by atoms with Crippen LogP contribution in [0.5, 0.6) is 5.75 Å². The van der Waals surface area contributed by atoms with Gasteiger partial charge in [0, 0.05) is 30.0 Å². The minimum absolute atomic E-state index is 0.00918. The molecule has 4 N–H and O–H groups in total. The Hall–Kier alpha value is -6.28. The zero-order chi connectivity index (χ0) is 43.5. The molecule has 19 nitrogen and oxygen atoms in total. The van der Waals surface area contributed by atoms with E-state index >= 15 is 0 Å². The van der Waals surface area contributed by atoms with Crippen LogP contribution in [0, 0.1) is 16.0 Å². The Kier molecular flexibility index (Phi) is 19.0. The number of nitro benzene ring substituents is 1. The third-order valence-electron chi connectivity index (χ3n) is 8.69. The summed E-state index contributed by atoms with van der Waals surface area (Å²) in [7, 11) is 1.76. The molecule has 59 heavy (non-hydrogen) atoms. The van der Waals surface area contributed by atoms with E-state index < -0.39 is 52.7 Å². The van der Waals surface area contributed by atoms with Gasteiger partial charge >= 0.3 is 6.16 Å². The lowest BCUT2D eigenvalue weighted by Gasteiger charge is -2.41. The number of ether oxygens (including phenoxy) is 2. The van der Waals surface area contributed by atoms with Crippen LogP contribution in [0.3, 0.4) is 0 Å². The van der Waals surface area contributed by atoms with Gasteiger partial charge in [0.05, 0.1) is 30.7 Å². The largest absolute Gasteiger partial charge is 0.514 e. The predicted molar refractivity (Wildman–Crippen MR) is 218 cm³/mol. The van der Waals surface area contributed by atoms with Gasteiger partial charge < -0.3 is 45.4 Å². The first-order valence-electron chi connectivity index (χ1n) is 18.6. The van der Waals surface area contributed by atoms with Crippen molar-refractivity contribution in [2.75, 3.05) is 50.4 Å². The second kappa shape index (κ2) is 23.8. The summed E-state index contributed by atoms with van der Waals surface area (Å²) in [5, 5.41) is 22.1. The molecule has 3 rings (SSSR count). The number of non-ortho nitro benzene ring substituents is 1. The molecule has 1 saturated heterocycles. The van der Waals surface area contributed by atoms with Gasteiger partial charge in [0.1, 0.15) is 24.4 Å². The second-order valence-corrected chi connectivity index (χ2v) is 14.6. The lowest BCUT2D eigenvalue weighted by molar-refractivity contribution is -0.384. The van der Waals surface area contributed by atoms with Gasteiger partial charge in [-0.3, -0.25) is 38.9 Å². The zero-order valence-electron chi connectivity index (χ0n) is 33.2. The third-order valence-corrected chi connectivity index (χ3v) is 9.65. The van der Waals surface area contributed by atoms with E-state index in [1.807, 2.05) is 0 Å². The molecule has 2 aromatic rings. The lowest BCUT2D eigenvalue weighted by Crippen LogP contribution is -2.59. The van der Waals surface area contributed by atoms with Gasteiger partial charge in [0.15, 0.2) is 0 Å². The maximum Gasteiger partial charge on any atom is 0.514 e. The fraction of sp³-hybridized carbons (Fsp3) is 0.410. The Balaban J connectivity index is 1.50. The van der Waals surface area contributed by atoms with Crippen molar-refractivity contribution in [1.29, 1.82) is 0 Å². The Morgan fingerprint density at radius 3 is 2.05 bits per heavy atom. The highest BCUT2D eigenvalue weighted by Crippen LogP contribution is 2.19. The van der Waals surface area contributed by atoms with E-state index in [1.54, 1.807) is 45.2 Å². The number of nitro groups is 1. The number of carbonyl (C=O) groups excluding carboxylic acids is 7. The molecule has 0 bridgehead atoms. The SMILES string of the molecule is C=CC(=O)N1CN(C(=O)C=C)CN(C(=O)CCSCC(=O)N[C@H](C(=O)N[C@@H](CCCNC)C(=O)Nc2ccc(COC(=O)Oc3ccc([N+](=O)[O-])cc3)cc2)C(C)C)C1. The number of rotatable bonds is 21. The molecule has 1 aliphatic rings. The number of hydrogen-bond donors (Lipinski definition) is 4. The minimum atomic E-state index is -1.01. The summed E-state index contributed by atoms with van der Waals surface area (Å²) in [6, 6.07) is 9.44. The molecule has 20 heteroatoms. The fourth-order valence-corrected chi connectivity index (χ4v) is 6.24. The molecule has 1 heterocycles. The fourth-order valence-electron chi connectivity index (χ4n) is 5.51. The van der Waals surface area contributed by atoms with Crippen LogP contribution in [0.15, 0.2) is 73.8 Å². The van der Waals surface area contributed by atoms with Crippen LogP contribution in [0.4, 0.5) is 16.2 Å². The van der Waals surface area contributed by atoms with Crippen LogP contribution >= 0.6 is 11.8 Å². The van der Waals surface area contributed by atoms with Crippen molar-refractivity contribution in [3.8, 4) is 5.75 Å². The smallest absolute Gasteiger partial charge is 0.429 e. The van der Waals surface area contributed by atoms with Crippen molar-refractivity contribution < 1.29 is 48.0 Å². The van der Waals surface area contributed by atoms with Crippen molar-refractivity contribution in [1.82, 2.24) is 30.7 Å². The first-order chi connectivity index (χ1) is 28.1. The lowest BCUT2D eigenvalue weighted by atomic mass is 10.0. The van der Waals surface area contributed by atoms with E-state index in [9.17, 15) is 43.7 Å². The molecule has 2 aromatic carbocycles. The van der Waals surface area contributed by atoms with Crippen molar-refractivity contribution >= 4 is 64.7 Å². The first-order valence-corrected chi connectivity index (χ1v) is 19.7. The topological polar surface area (TPSA) is 239 Å². The maximum absolute atomic E-state index is 13.5. The van der Waals surface area contributed by atoms with Crippen LogP contribution in [0.1, 0.15) is 38.7 Å². The van der Waals surface area contributed by atoms with Crippen molar-refractivity contribution in [3.63, 3.8) is 0 Å². The Morgan fingerprint density at radius 2 is 1.49 bits per heavy atom. The average molecular weight is 839 g/mol. The highest BCUT2D eigenvalue weighted by molar-refractivity contribution is 7.99. The molecule has 6 amide bonds. The number of carbonyl (C=O) groups is 7. The first kappa shape index (κ1) is 47.1. The van der Waals surface area contributed by atoms with Crippen LogP contribution < -0.4 is 26.0 Å². The summed E-state index contributed by atoms with van der Waals surface area (Å²) in [5.41, 5.74) is 0.830. The molecule has 318 valence electrons. The Labute approximate surface area is 346 Å². The summed E-state index contributed by atoms with van der Waals surface area (Å²) >= 11 is 1.18. The number of anilines is 1. The van der Waals surface area contributed by atoms with Gasteiger partial charge in [-0.25, -0.2) is 4.79 Å². The van der Waals surface area contributed by atoms with Gasteiger partial charge in [-0.05, 0) is 74.3 Å². The summed E-state index contributed by atoms with van der Waals surface area (Å²) in [6.07, 6.45) is 2.06. The Bertz CT molecular complexity index is 1810. The van der Waals surface area contributed by atoms with Crippen molar-refractivity contribution in [2.45, 2.75) is 51.8 Å². The van der Waals surface area contributed by atoms with E-state index in [1.165, 1.54) is 50.7 Å². The van der Waals surface area contributed by atoms with Gasteiger partial charge in [0.25, 0.3) is 5.69 Å². The number of thioether (sulfide) groups is 1. The zero-order valence-corrected chi connectivity index (χ0v) is 34.0. The third kappa shape index (κ3) is 15.5. The number of hydrogen-bond acceptors (Lipinski definition) is 13. The van der Waals surface area contributed by atoms with Crippen molar-refractivity contribution in [3.05, 3.63) is 89.5 Å². The molecule has 0 unspecified atom stereocenters. The van der Waals surface area contributed by atoms with Gasteiger partial charge in [0.2, 0.25) is 35.4 Å². The van der Waals surface area contributed by atoms with Crippen LogP contribution in [-0.4, -0.2) is 118 Å². The number of nitrogens with zero attached hydrogens (tertiary/aromatic N) is 4. The van der Waals surface area contributed by atoms with E-state index in [2.05, 4.69) is 34.4 Å². The summed E-state index contributed by atoms with van der Waals surface area (Å²) in [4.78, 5) is 104. The van der Waals surface area contributed by atoms with Crippen LogP contribution in [0.2, 0.25) is 0 Å². The quantitative estimate of drug-likeness (QED) is 0.0354. The van der Waals surface area contributed by atoms with Gasteiger partial charge in [-0.15, -0.1) is 0 Å². The second-order valence-electron chi connectivity index (χ2n) is 13.5. The molecule has 0 aliphatic carbocycles. The normalized spacial score (nSPS) is 13.4. The van der Waals surface area contributed by atoms with Crippen LogP contribution in [-0.2, 0) is 40.1 Å². The van der Waals surface area contributed by atoms with Gasteiger partial charge in [-0.1, -0.05) is 39.1 Å². The molecular weight excluding hydrogens is 789 g/mol. The predicted octanol–water partition coefficient (Wildman–Crippen LogP) is 2.74. The summed E-state index contributed by atoms with van der Waals surface area (Å²) < 4.78 is 10.1.